The highest BCUT2D eigenvalue weighted by molar-refractivity contribution is 5.94. The molecule has 132 valence electrons. The molecule has 0 bridgehead atoms. The van der Waals surface area contributed by atoms with Crippen molar-refractivity contribution in [1.29, 1.82) is 0 Å². The highest BCUT2D eigenvalue weighted by Gasteiger charge is 2.27. The van der Waals surface area contributed by atoms with Gasteiger partial charge in [-0.05, 0) is 30.3 Å². The van der Waals surface area contributed by atoms with E-state index in [4.69, 9.17) is 9.15 Å². The van der Waals surface area contributed by atoms with Gasteiger partial charge in [-0.2, -0.15) is 0 Å². The zero-order valence-corrected chi connectivity index (χ0v) is 14.1. The first-order valence-corrected chi connectivity index (χ1v) is 8.18. The first-order chi connectivity index (χ1) is 12.6. The van der Waals surface area contributed by atoms with Crippen LogP contribution in [0.25, 0.3) is 11.6 Å². The second kappa shape index (κ2) is 6.59. The third-order valence-electron chi connectivity index (χ3n) is 4.28. The van der Waals surface area contributed by atoms with Crippen molar-refractivity contribution >= 4 is 5.91 Å². The van der Waals surface area contributed by atoms with Gasteiger partial charge in [-0.15, -0.1) is 0 Å². The molecule has 3 heterocycles. The first-order valence-electron chi connectivity index (χ1n) is 8.18. The number of pyridine rings is 1. The average molecular weight is 353 g/mol. The minimum Gasteiger partial charge on any atom is -0.497 e. The molecule has 0 atom stereocenters. The third-order valence-corrected chi connectivity index (χ3v) is 4.28. The van der Waals surface area contributed by atoms with Crippen molar-refractivity contribution in [3.63, 3.8) is 0 Å². The van der Waals surface area contributed by atoms with E-state index >= 15 is 0 Å². The van der Waals surface area contributed by atoms with Crippen LogP contribution in [0.4, 0.5) is 4.39 Å². The molecule has 0 radical (unpaired) electrons. The van der Waals surface area contributed by atoms with Gasteiger partial charge in [-0.25, -0.2) is 14.4 Å². The zero-order chi connectivity index (χ0) is 18.1. The van der Waals surface area contributed by atoms with Crippen molar-refractivity contribution in [2.45, 2.75) is 13.0 Å². The Hall–Kier alpha value is -3.22. The fourth-order valence-electron chi connectivity index (χ4n) is 2.92. The van der Waals surface area contributed by atoms with Crippen LogP contribution in [-0.2, 0) is 13.0 Å². The maximum atomic E-state index is 13.0. The van der Waals surface area contributed by atoms with Crippen molar-refractivity contribution in [2.75, 3.05) is 13.7 Å². The Morgan fingerprint density at radius 3 is 2.96 bits per heavy atom. The summed E-state index contributed by atoms with van der Waals surface area (Å²) in [4.78, 5) is 22.9. The summed E-state index contributed by atoms with van der Waals surface area (Å²) >= 11 is 0. The number of methoxy groups -OCH3 is 1. The summed E-state index contributed by atoms with van der Waals surface area (Å²) in [6.45, 7) is 0.893. The molecule has 2 aromatic heterocycles. The van der Waals surface area contributed by atoms with Crippen LogP contribution in [0.1, 0.15) is 21.8 Å². The second-order valence-corrected chi connectivity index (χ2v) is 5.96. The molecule has 4 rings (SSSR count). The minimum atomic E-state index is -0.417. The lowest BCUT2D eigenvalue weighted by molar-refractivity contribution is 0.0727. The summed E-state index contributed by atoms with van der Waals surface area (Å²) in [6, 6.07) is 9.89. The predicted molar refractivity (Wildman–Crippen MR) is 91.1 cm³/mol. The number of aromatic nitrogens is 2. The van der Waals surface area contributed by atoms with Crippen LogP contribution in [0.5, 0.6) is 5.75 Å². The Bertz CT molecular complexity index is 953. The molecule has 0 N–H and O–H groups in total. The van der Waals surface area contributed by atoms with Crippen LogP contribution in [0.2, 0.25) is 0 Å². The molecule has 0 saturated heterocycles. The topological polar surface area (TPSA) is 68.5 Å². The molecule has 0 spiro atoms. The average Bonchev–Trinajstić information content (AvgIpc) is 3.11. The van der Waals surface area contributed by atoms with E-state index in [1.165, 1.54) is 12.1 Å². The molecule has 0 saturated carbocycles. The molecule has 7 heteroatoms. The number of ether oxygens (including phenoxy) is 1. The van der Waals surface area contributed by atoms with Gasteiger partial charge < -0.3 is 14.1 Å². The Morgan fingerprint density at radius 2 is 2.19 bits per heavy atom. The fourth-order valence-corrected chi connectivity index (χ4v) is 2.92. The Balaban J connectivity index is 1.56. The first kappa shape index (κ1) is 16.3. The summed E-state index contributed by atoms with van der Waals surface area (Å²) in [6.07, 6.45) is 1.69. The molecular formula is C19H16FN3O3. The smallest absolute Gasteiger partial charge is 0.254 e. The van der Waals surface area contributed by atoms with Crippen molar-refractivity contribution in [1.82, 2.24) is 14.9 Å². The lowest BCUT2D eigenvalue weighted by atomic mass is 10.1. The zero-order valence-electron chi connectivity index (χ0n) is 14.1. The number of carbonyl (C=O) groups excluding carboxylic acids is 1. The van der Waals surface area contributed by atoms with E-state index in [0.717, 1.165) is 12.0 Å². The van der Waals surface area contributed by atoms with E-state index in [-0.39, 0.29) is 5.91 Å². The van der Waals surface area contributed by atoms with Crippen molar-refractivity contribution in [3.05, 3.63) is 65.4 Å². The number of rotatable bonds is 3. The van der Waals surface area contributed by atoms with E-state index in [1.807, 2.05) is 0 Å². The molecule has 0 aliphatic carbocycles. The lowest BCUT2D eigenvalue weighted by Crippen LogP contribution is -2.35. The molecule has 26 heavy (non-hydrogen) atoms. The largest absolute Gasteiger partial charge is 0.497 e. The lowest BCUT2D eigenvalue weighted by Gasteiger charge is -2.25. The van der Waals surface area contributed by atoms with Crippen LogP contribution < -0.4 is 4.74 Å². The van der Waals surface area contributed by atoms with E-state index < -0.39 is 5.82 Å². The SMILES string of the molecule is COc1cccc(C(=O)N2CCc3oc(-c4ccc(F)cn4)nc3C2)c1. The van der Waals surface area contributed by atoms with E-state index in [0.29, 0.717) is 48.1 Å². The molecule has 3 aromatic rings. The number of amides is 1. The Labute approximate surface area is 149 Å². The number of oxazole rings is 1. The van der Waals surface area contributed by atoms with E-state index in [9.17, 15) is 9.18 Å². The molecule has 0 fully saturated rings. The van der Waals surface area contributed by atoms with E-state index in [1.54, 1.807) is 36.3 Å². The second-order valence-electron chi connectivity index (χ2n) is 5.96. The number of hydrogen-bond donors (Lipinski definition) is 0. The summed E-state index contributed by atoms with van der Waals surface area (Å²) in [7, 11) is 1.57. The Morgan fingerprint density at radius 1 is 1.31 bits per heavy atom. The normalized spacial score (nSPS) is 13.4. The molecule has 6 nitrogen and oxygen atoms in total. The minimum absolute atomic E-state index is 0.0843. The van der Waals surface area contributed by atoms with Crippen molar-refractivity contribution in [3.8, 4) is 17.3 Å². The maximum Gasteiger partial charge on any atom is 0.254 e. The summed E-state index contributed by atoms with van der Waals surface area (Å²) in [5, 5.41) is 0. The van der Waals surface area contributed by atoms with Crippen molar-refractivity contribution in [2.24, 2.45) is 0 Å². The van der Waals surface area contributed by atoms with Crippen LogP contribution in [-0.4, -0.2) is 34.4 Å². The van der Waals surface area contributed by atoms with Gasteiger partial charge in [0, 0.05) is 18.5 Å². The van der Waals surface area contributed by atoms with Gasteiger partial charge in [0.2, 0.25) is 5.89 Å². The monoisotopic (exact) mass is 353 g/mol. The summed E-state index contributed by atoms with van der Waals surface area (Å²) < 4.78 is 23.9. The van der Waals surface area contributed by atoms with Gasteiger partial charge >= 0.3 is 0 Å². The van der Waals surface area contributed by atoms with Gasteiger partial charge in [0.1, 0.15) is 28.7 Å². The van der Waals surface area contributed by atoms with Crippen LogP contribution >= 0.6 is 0 Å². The molecular weight excluding hydrogens is 337 g/mol. The van der Waals surface area contributed by atoms with E-state index in [2.05, 4.69) is 9.97 Å². The Kier molecular flexibility index (Phi) is 4.12. The fraction of sp³-hybridized carbons (Fsp3) is 0.211. The number of halogens is 1. The number of carbonyl (C=O) groups is 1. The van der Waals surface area contributed by atoms with Gasteiger partial charge in [0.15, 0.2) is 0 Å². The standard InChI is InChI=1S/C19H16FN3O3/c1-25-14-4-2-3-12(9-14)19(24)23-8-7-17-16(11-23)22-18(26-17)15-6-5-13(20)10-21-15/h2-6,9-10H,7-8,11H2,1H3. The molecule has 1 aliphatic heterocycles. The maximum absolute atomic E-state index is 13.0. The quantitative estimate of drug-likeness (QED) is 0.724. The molecule has 1 aliphatic rings. The predicted octanol–water partition coefficient (Wildman–Crippen LogP) is 3.08. The molecule has 1 aromatic carbocycles. The van der Waals surface area contributed by atoms with Crippen LogP contribution in [0, 0.1) is 5.82 Å². The third kappa shape index (κ3) is 3.03. The van der Waals surface area contributed by atoms with Gasteiger partial charge in [-0.1, -0.05) is 6.07 Å². The van der Waals surface area contributed by atoms with Gasteiger partial charge in [0.25, 0.3) is 5.91 Å². The molecule has 0 unspecified atom stereocenters. The van der Waals surface area contributed by atoms with Crippen LogP contribution in [0.15, 0.2) is 47.0 Å². The number of nitrogens with zero attached hydrogens (tertiary/aromatic N) is 3. The number of benzene rings is 1. The summed E-state index contributed by atoms with van der Waals surface area (Å²) in [5.74, 6) is 1.21. The number of fused-ring (bicyclic) bond motifs is 1. The summed E-state index contributed by atoms with van der Waals surface area (Å²) in [5.41, 5.74) is 1.73. The highest BCUT2D eigenvalue weighted by Crippen LogP contribution is 2.26. The number of hydrogen-bond acceptors (Lipinski definition) is 5. The van der Waals surface area contributed by atoms with Crippen molar-refractivity contribution < 1.29 is 18.3 Å². The molecule has 1 amide bonds. The van der Waals surface area contributed by atoms with Gasteiger partial charge in [-0.3, -0.25) is 4.79 Å². The van der Waals surface area contributed by atoms with Gasteiger partial charge in [0.05, 0.1) is 19.9 Å². The highest BCUT2D eigenvalue weighted by atomic mass is 19.1. The van der Waals surface area contributed by atoms with Crippen LogP contribution in [0.3, 0.4) is 0 Å².